The standard InChI is InChI=1S/C12H18N4O4S/c13-14-11-6-5-10(9-12(11)16(17)18)21(19,20)15-7-3-1-2-4-8-15/h5-6,9,14H,1-4,7-8,13H2. The van der Waals surface area contributed by atoms with Gasteiger partial charge in [-0.3, -0.25) is 16.0 Å². The number of nitrogens with one attached hydrogen (secondary N) is 1. The molecule has 0 atom stereocenters. The number of nitrogens with two attached hydrogens (primary N) is 1. The van der Waals surface area contributed by atoms with Gasteiger partial charge in [-0.05, 0) is 25.0 Å². The molecule has 1 aliphatic heterocycles. The van der Waals surface area contributed by atoms with Crippen LogP contribution in [0.15, 0.2) is 23.1 Å². The van der Waals surface area contributed by atoms with Crippen LogP contribution in [0.4, 0.5) is 11.4 Å². The third kappa shape index (κ3) is 3.31. The number of hydrazine groups is 1. The lowest BCUT2D eigenvalue weighted by Gasteiger charge is -2.20. The van der Waals surface area contributed by atoms with Gasteiger partial charge in [-0.25, -0.2) is 8.42 Å². The molecule has 0 unspecified atom stereocenters. The molecule has 2 rings (SSSR count). The summed E-state index contributed by atoms with van der Waals surface area (Å²) in [4.78, 5) is 10.3. The second-order valence-corrected chi connectivity index (χ2v) is 6.84. The van der Waals surface area contributed by atoms with Crippen molar-refractivity contribution in [2.45, 2.75) is 30.6 Å². The van der Waals surface area contributed by atoms with Crippen LogP contribution in [0.5, 0.6) is 0 Å². The molecule has 3 N–H and O–H groups in total. The molecule has 1 aliphatic rings. The van der Waals surface area contributed by atoms with Crippen molar-refractivity contribution in [2.24, 2.45) is 5.84 Å². The van der Waals surface area contributed by atoms with E-state index in [1.807, 2.05) is 0 Å². The summed E-state index contributed by atoms with van der Waals surface area (Å²) < 4.78 is 26.5. The molecule has 21 heavy (non-hydrogen) atoms. The SMILES string of the molecule is NNc1ccc(S(=O)(=O)N2CCCCCC2)cc1[N+](=O)[O-]. The van der Waals surface area contributed by atoms with Gasteiger partial charge in [0.2, 0.25) is 10.0 Å². The minimum atomic E-state index is -3.71. The second-order valence-electron chi connectivity index (χ2n) is 4.90. The van der Waals surface area contributed by atoms with Crippen LogP contribution in [0, 0.1) is 10.1 Å². The summed E-state index contributed by atoms with van der Waals surface area (Å²) in [5, 5.41) is 11.0. The Labute approximate surface area is 123 Å². The Bertz CT molecular complexity index is 624. The van der Waals surface area contributed by atoms with E-state index in [0.717, 1.165) is 31.7 Å². The highest BCUT2D eigenvalue weighted by Gasteiger charge is 2.27. The number of anilines is 1. The Balaban J connectivity index is 2.39. The summed E-state index contributed by atoms with van der Waals surface area (Å²) in [6, 6.07) is 3.70. The molecule has 0 bridgehead atoms. The molecular weight excluding hydrogens is 296 g/mol. The van der Waals surface area contributed by atoms with Crippen LogP contribution >= 0.6 is 0 Å². The van der Waals surface area contributed by atoms with E-state index in [2.05, 4.69) is 5.43 Å². The minimum absolute atomic E-state index is 0.0740. The van der Waals surface area contributed by atoms with E-state index in [1.165, 1.54) is 16.4 Å². The number of nitro groups is 1. The molecule has 0 radical (unpaired) electrons. The highest BCUT2D eigenvalue weighted by atomic mass is 32.2. The van der Waals surface area contributed by atoms with Gasteiger partial charge in [-0.2, -0.15) is 4.31 Å². The zero-order valence-corrected chi connectivity index (χ0v) is 12.3. The van der Waals surface area contributed by atoms with Gasteiger partial charge in [0.15, 0.2) is 0 Å². The normalized spacial score (nSPS) is 17.2. The third-order valence-electron chi connectivity index (χ3n) is 3.52. The van der Waals surface area contributed by atoms with Crippen LogP contribution in [0.1, 0.15) is 25.7 Å². The van der Waals surface area contributed by atoms with E-state index < -0.39 is 14.9 Å². The van der Waals surface area contributed by atoms with Crippen molar-refractivity contribution in [2.75, 3.05) is 18.5 Å². The Morgan fingerprint density at radius 3 is 2.33 bits per heavy atom. The van der Waals surface area contributed by atoms with Crippen molar-refractivity contribution in [3.8, 4) is 0 Å². The zero-order valence-electron chi connectivity index (χ0n) is 11.5. The van der Waals surface area contributed by atoms with Gasteiger partial charge in [-0.1, -0.05) is 12.8 Å². The highest BCUT2D eigenvalue weighted by molar-refractivity contribution is 7.89. The number of nitro benzene ring substituents is 1. The van der Waals surface area contributed by atoms with Gasteiger partial charge >= 0.3 is 0 Å². The molecular formula is C12H18N4O4S. The summed E-state index contributed by atoms with van der Waals surface area (Å²) >= 11 is 0. The zero-order chi connectivity index (χ0) is 15.5. The first-order valence-corrected chi connectivity index (χ1v) is 8.16. The van der Waals surface area contributed by atoms with E-state index in [4.69, 9.17) is 5.84 Å². The number of nitrogen functional groups attached to an aromatic ring is 1. The van der Waals surface area contributed by atoms with E-state index in [9.17, 15) is 18.5 Å². The number of hydrogen-bond acceptors (Lipinski definition) is 6. The van der Waals surface area contributed by atoms with Gasteiger partial charge in [0, 0.05) is 19.2 Å². The predicted molar refractivity (Wildman–Crippen MR) is 78.1 cm³/mol. The van der Waals surface area contributed by atoms with Crippen molar-refractivity contribution in [3.63, 3.8) is 0 Å². The van der Waals surface area contributed by atoms with Crippen molar-refractivity contribution in [3.05, 3.63) is 28.3 Å². The molecule has 0 aliphatic carbocycles. The van der Waals surface area contributed by atoms with E-state index in [0.29, 0.717) is 13.1 Å². The van der Waals surface area contributed by atoms with Crippen molar-refractivity contribution >= 4 is 21.4 Å². The van der Waals surface area contributed by atoms with Gasteiger partial charge < -0.3 is 5.43 Å². The van der Waals surface area contributed by atoms with E-state index >= 15 is 0 Å². The molecule has 1 aromatic rings. The Morgan fingerprint density at radius 1 is 1.19 bits per heavy atom. The van der Waals surface area contributed by atoms with Gasteiger partial charge in [0.25, 0.3) is 5.69 Å². The molecule has 8 nitrogen and oxygen atoms in total. The fourth-order valence-electron chi connectivity index (χ4n) is 2.38. The Morgan fingerprint density at radius 2 is 1.81 bits per heavy atom. The fourth-order valence-corrected chi connectivity index (χ4v) is 3.91. The first kappa shape index (κ1) is 15.7. The molecule has 1 saturated heterocycles. The molecule has 9 heteroatoms. The summed E-state index contributed by atoms with van der Waals surface area (Å²) in [6.07, 6.45) is 3.62. The molecule has 0 spiro atoms. The summed E-state index contributed by atoms with van der Waals surface area (Å²) in [5.74, 6) is 5.20. The number of rotatable bonds is 4. The van der Waals surface area contributed by atoms with Gasteiger partial charge in [-0.15, -0.1) is 0 Å². The number of nitrogens with zero attached hydrogens (tertiary/aromatic N) is 2. The average Bonchev–Trinajstić information content (AvgIpc) is 2.76. The maximum atomic E-state index is 12.6. The lowest BCUT2D eigenvalue weighted by Crippen LogP contribution is -2.32. The third-order valence-corrected chi connectivity index (χ3v) is 5.42. The smallest absolute Gasteiger partial charge is 0.294 e. The molecule has 0 amide bonds. The summed E-state index contributed by atoms with van der Waals surface area (Å²) in [7, 11) is -3.71. The van der Waals surface area contributed by atoms with E-state index in [1.54, 1.807) is 0 Å². The largest absolute Gasteiger partial charge is 0.318 e. The minimum Gasteiger partial charge on any atom is -0.318 e. The maximum absolute atomic E-state index is 12.6. The number of hydrogen-bond donors (Lipinski definition) is 2. The van der Waals surface area contributed by atoms with Crippen molar-refractivity contribution in [1.82, 2.24) is 4.31 Å². The first-order chi connectivity index (χ1) is 9.96. The molecule has 0 aromatic heterocycles. The van der Waals surface area contributed by atoms with Crippen LogP contribution in [0.2, 0.25) is 0 Å². The summed E-state index contributed by atoms with van der Waals surface area (Å²) in [5.41, 5.74) is 1.92. The van der Waals surface area contributed by atoms with Crippen molar-refractivity contribution < 1.29 is 13.3 Å². The van der Waals surface area contributed by atoms with Crippen LogP contribution in [0.25, 0.3) is 0 Å². The first-order valence-electron chi connectivity index (χ1n) is 6.72. The number of benzene rings is 1. The highest BCUT2D eigenvalue weighted by Crippen LogP contribution is 2.29. The van der Waals surface area contributed by atoms with Crippen LogP contribution in [-0.2, 0) is 10.0 Å². The van der Waals surface area contributed by atoms with Crippen LogP contribution < -0.4 is 11.3 Å². The molecule has 116 valence electrons. The fraction of sp³-hybridized carbons (Fsp3) is 0.500. The van der Waals surface area contributed by atoms with Crippen molar-refractivity contribution in [1.29, 1.82) is 0 Å². The topological polar surface area (TPSA) is 119 Å². The van der Waals surface area contributed by atoms with Crippen LogP contribution in [-0.4, -0.2) is 30.7 Å². The van der Waals surface area contributed by atoms with Gasteiger partial charge in [0.05, 0.1) is 9.82 Å². The number of sulfonamides is 1. The average molecular weight is 314 g/mol. The predicted octanol–water partition coefficient (Wildman–Crippen LogP) is 1.45. The monoisotopic (exact) mass is 314 g/mol. The lowest BCUT2D eigenvalue weighted by molar-refractivity contribution is -0.384. The summed E-state index contributed by atoms with van der Waals surface area (Å²) in [6.45, 7) is 0.903. The lowest BCUT2D eigenvalue weighted by atomic mass is 10.2. The molecule has 1 heterocycles. The maximum Gasteiger partial charge on any atom is 0.294 e. The Hall–Kier alpha value is -1.71. The molecule has 1 fully saturated rings. The van der Waals surface area contributed by atoms with Gasteiger partial charge in [0.1, 0.15) is 5.69 Å². The van der Waals surface area contributed by atoms with Crippen LogP contribution in [0.3, 0.4) is 0 Å². The molecule has 1 aromatic carbocycles. The quantitative estimate of drug-likeness (QED) is 0.493. The Kier molecular flexibility index (Phi) is 4.76. The van der Waals surface area contributed by atoms with E-state index in [-0.39, 0.29) is 16.3 Å². The molecule has 0 saturated carbocycles. The second kappa shape index (κ2) is 6.37.